The van der Waals surface area contributed by atoms with Crippen molar-refractivity contribution >= 4 is 23.7 Å². The van der Waals surface area contributed by atoms with Crippen molar-refractivity contribution in [3.63, 3.8) is 0 Å². The lowest BCUT2D eigenvalue weighted by Crippen LogP contribution is -2.58. The summed E-state index contributed by atoms with van der Waals surface area (Å²) < 4.78 is 5.39. The summed E-state index contributed by atoms with van der Waals surface area (Å²) in [5.41, 5.74) is -1.70. The molecule has 146 valence electrons. The van der Waals surface area contributed by atoms with Crippen molar-refractivity contribution < 1.29 is 19.1 Å². The predicted octanol–water partition coefficient (Wildman–Crippen LogP) is 1.54. The SMILES string of the molecule is CN1C(=O)N(c2cc[nH]c(=O)c2)C2(CCN(C(=O)OC(C)(C)C)CC2)C1=O. The Labute approximate surface area is 156 Å². The first-order valence-electron chi connectivity index (χ1n) is 8.84. The first-order chi connectivity index (χ1) is 12.5. The summed E-state index contributed by atoms with van der Waals surface area (Å²) in [6.07, 6.45) is 1.55. The molecule has 0 atom stereocenters. The van der Waals surface area contributed by atoms with Crippen LogP contribution in [0.4, 0.5) is 15.3 Å². The molecule has 2 fully saturated rings. The maximum Gasteiger partial charge on any atom is 0.410 e. The van der Waals surface area contributed by atoms with Gasteiger partial charge in [0, 0.05) is 32.4 Å². The zero-order valence-corrected chi connectivity index (χ0v) is 15.9. The molecule has 2 saturated heterocycles. The highest BCUT2D eigenvalue weighted by Crippen LogP contribution is 2.39. The van der Waals surface area contributed by atoms with Crippen molar-refractivity contribution in [2.75, 3.05) is 25.0 Å². The number of aromatic nitrogens is 1. The molecular weight excluding hydrogens is 352 g/mol. The highest BCUT2D eigenvalue weighted by Gasteiger charge is 2.58. The zero-order chi connectivity index (χ0) is 20.0. The van der Waals surface area contributed by atoms with Crippen LogP contribution in [0.2, 0.25) is 0 Å². The van der Waals surface area contributed by atoms with Crippen LogP contribution in [0.15, 0.2) is 23.1 Å². The van der Waals surface area contributed by atoms with E-state index in [1.54, 1.807) is 31.7 Å². The number of piperidine rings is 1. The third kappa shape index (κ3) is 3.29. The van der Waals surface area contributed by atoms with Gasteiger partial charge in [-0.15, -0.1) is 0 Å². The lowest BCUT2D eigenvalue weighted by atomic mass is 9.85. The van der Waals surface area contributed by atoms with Gasteiger partial charge in [0.1, 0.15) is 11.1 Å². The van der Waals surface area contributed by atoms with Crippen LogP contribution in [0, 0.1) is 0 Å². The number of amides is 4. The van der Waals surface area contributed by atoms with Gasteiger partial charge in [0.15, 0.2) is 0 Å². The summed E-state index contributed by atoms with van der Waals surface area (Å²) in [4.78, 5) is 56.1. The summed E-state index contributed by atoms with van der Waals surface area (Å²) in [7, 11) is 1.43. The molecule has 2 aliphatic heterocycles. The number of hydrogen-bond donors (Lipinski definition) is 1. The summed E-state index contributed by atoms with van der Waals surface area (Å²) in [6, 6.07) is 2.41. The maximum absolute atomic E-state index is 12.9. The third-order valence-corrected chi connectivity index (χ3v) is 4.87. The monoisotopic (exact) mass is 376 g/mol. The highest BCUT2D eigenvalue weighted by molar-refractivity contribution is 6.16. The number of likely N-dealkylation sites (N-methyl/N-ethyl adjacent to an activating group) is 1. The van der Waals surface area contributed by atoms with E-state index in [0.29, 0.717) is 5.69 Å². The molecular formula is C18H24N4O5. The molecule has 4 amide bonds. The molecule has 3 heterocycles. The molecule has 1 aromatic heterocycles. The van der Waals surface area contributed by atoms with Crippen LogP contribution in [0.3, 0.4) is 0 Å². The minimum atomic E-state index is -1.10. The Kier molecular flexibility index (Phi) is 4.49. The zero-order valence-electron chi connectivity index (χ0n) is 15.9. The van der Waals surface area contributed by atoms with Gasteiger partial charge < -0.3 is 14.6 Å². The number of rotatable bonds is 1. The van der Waals surface area contributed by atoms with E-state index in [9.17, 15) is 19.2 Å². The fourth-order valence-corrected chi connectivity index (χ4v) is 3.58. The lowest BCUT2D eigenvalue weighted by Gasteiger charge is -2.42. The maximum atomic E-state index is 12.9. The van der Waals surface area contributed by atoms with Crippen molar-refractivity contribution in [3.8, 4) is 0 Å². The Morgan fingerprint density at radius 1 is 1.19 bits per heavy atom. The van der Waals surface area contributed by atoms with E-state index in [0.717, 1.165) is 4.90 Å². The molecule has 1 aromatic rings. The predicted molar refractivity (Wildman–Crippen MR) is 97.5 cm³/mol. The van der Waals surface area contributed by atoms with Crippen molar-refractivity contribution in [1.82, 2.24) is 14.8 Å². The third-order valence-electron chi connectivity index (χ3n) is 4.87. The second-order valence-corrected chi connectivity index (χ2v) is 7.89. The molecule has 1 spiro atoms. The lowest BCUT2D eigenvalue weighted by molar-refractivity contribution is -0.131. The molecule has 27 heavy (non-hydrogen) atoms. The van der Waals surface area contributed by atoms with Gasteiger partial charge >= 0.3 is 12.1 Å². The molecule has 2 aliphatic rings. The first kappa shape index (κ1) is 18.9. The standard InChI is InChI=1S/C18H24N4O5/c1-17(2,3)27-16(26)21-9-6-18(7-10-21)14(24)20(4)15(25)22(18)12-5-8-19-13(23)11-12/h5,8,11H,6-7,9-10H2,1-4H3,(H,19,23). The van der Waals surface area contributed by atoms with Crippen LogP contribution >= 0.6 is 0 Å². The van der Waals surface area contributed by atoms with Crippen molar-refractivity contribution in [2.45, 2.75) is 44.8 Å². The number of carbonyl (C=O) groups is 3. The average molecular weight is 376 g/mol. The topological polar surface area (TPSA) is 103 Å². The molecule has 9 nitrogen and oxygen atoms in total. The number of ether oxygens (including phenoxy) is 1. The molecule has 9 heteroatoms. The minimum Gasteiger partial charge on any atom is -0.444 e. The number of urea groups is 1. The Morgan fingerprint density at radius 2 is 1.81 bits per heavy atom. The van der Waals surface area contributed by atoms with Crippen LogP contribution in [-0.4, -0.2) is 64.1 Å². The number of carbonyl (C=O) groups excluding carboxylic acids is 3. The largest absolute Gasteiger partial charge is 0.444 e. The first-order valence-corrected chi connectivity index (χ1v) is 8.84. The number of hydrogen-bond acceptors (Lipinski definition) is 5. The molecule has 0 bridgehead atoms. The Balaban J connectivity index is 1.87. The number of nitrogens with zero attached hydrogens (tertiary/aromatic N) is 3. The van der Waals surface area contributed by atoms with Gasteiger partial charge in [-0.1, -0.05) is 0 Å². The van der Waals surface area contributed by atoms with Crippen LogP contribution < -0.4 is 10.5 Å². The highest BCUT2D eigenvalue weighted by atomic mass is 16.6. The van der Waals surface area contributed by atoms with Gasteiger partial charge in [0.2, 0.25) is 5.56 Å². The number of imide groups is 1. The van der Waals surface area contributed by atoms with Crippen molar-refractivity contribution in [1.29, 1.82) is 0 Å². The molecule has 0 aliphatic carbocycles. The van der Waals surface area contributed by atoms with E-state index in [4.69, 9.17) is 4.74 Å². The summed E-state index contributed by atoms with van der Waals surface area (Å²) in [5.74, 6) is -0.323. The number of anilines is 1. The summed E-state index contributed by atoms with van der Waals surface area (Å²) >= 11 is 0. The minimum absolute atomic E-state index is 0.272. The second-order valence-electron chi connectivity index (χ2n) is 7.89. The van der Waals surface area contributed by atoms with E-state index in [-0.39, 0.29) is 37.4 Å². The van der Waals surface area contributed by atoms with Crippen LogP contribution in [0.1, 0.15) is 33.6 Å². The normalized spacial score (nSPS) is 19.8. The summed E-state index contributed by atoms with van der Waals surface area (Å²) in [5, 5.41) is 0. The smallest absolute Gasteiger partial charge is 0.410 e. The van der Waals surface area contributed by atoms with Crippen LogP contribution in [0.5, 0.6) is 0 Å². The molecule has 0 radical (unpaired) electrons. The number of H-pyrrole nitrogens is 1. The number of aromatic amines is 1. The Hall–Kier alpha value is -2.84. The van der Waals surface area contributed by atoms with E-state index in [1.165, 1.54) is 24.2 Å². The number of nitrogens with one attached hydrogen (secondary N) is 1. The van der Waals surface area contributed by atoms with E-state index >= 15 is 0 Å². The number of likely N-dealkylation sites (tertiary alicyclic amines) is 1. The van der Waals surface area contributed by atoms with Crippen molar-refractivity contribution in [2.24, 2.45) is 0 Å². The van der Waals surface area contributed by atoms with Gasteiger partial charge in [-0.2, -0.15) is 0 Å². The van der Waals surface area contributed by atoms with Crippen molar-refractivity contribution in [3.05, 3.63) is 28.7 Å². The second kappa shape index (κ2) is 6.40. The molecule has 1 N–H and O–H groups in total. The fraction of sp³-hybridized carbons (Fsp3) is 0.556. The van der Waals surface area contributed by atoms with Crippen LogP contribution in [-0.2, 0) is 9.53 Å². The average Bonchev–Trinajstić information content (AvgIpc) is 2.75. The quantitative estimate of drug-likeness (QED) is 0.749. The molecule has 0 saturated carbocycles. The fourth-order valence-electron chi connectivity index (χ4n) is 3.58. The van der Waals surface area contributed by atoms with Crippen LogP contribution in [0.25, 0.3) is 0 Å². The van der Waals surface area contributed by atoms with Gasteiger partial charge in [-0.25, -0.2) is 9.59 Å². The van der Waals surface area contributed by atoms with E-state index < -0.39 is 23.3 Å². The molecule has 0 aromatic carbocycles. The van der Waals surface area contributed by atoms with E-state index in [2.05, 4.69) is 4.98 Å². The van der Waals surface area contributed by atoms with E-state index in [1.807, 2.05) is 0 Å². The van der Waals surface area contributed by atoms with Gasteiger partial charge in [0.05, 0.1) is 5.69 Å². The molecule has 3 rings (SSSR count). The number of pyridine rings is 1. The van der Waals surface area contributed by atoms with Gasteiger partial charge in [0.25, 0.3) is 5.91 Å². The van der Waals surface area contributed by atoms with Gasteiger partial charge in [-0.3, -0.25) is 19.4 Å². The molecule has 0 unspecified atom stereocenters. The Bertz CT molecular complexity index is 833. The Morgan fingerprint density at radius 3 is 2.37 bits per heavy atom. The summed E-state index contributed by atoms with van der Waals surface area (Å²) in [6.45, 7) is 5.93. The van der Waals surface area contributed by atoms with Gasteiger partial charge in [-0.05, 0) is 39.7 Å².